The van der Waals surface area contributed by atoms with Gasteiger partial charge in [0.15, 0.2) is 5.15 Å². The van der Waals surface area contributed by atoms with Crippen molar-refractivity contribution in [1.29, 1.82) is 0 Å². The molecule has 3 N–H and O–H groups in total. The second kappa shape index (κ2) is 15.2. The molecule has 0 aliphatic carbocycles. The van der Waals surface area contributed by atoms with E-state index < -0.39 is 6.04 Å². The number of carbonyl (C=O) groups is 2. The maximum atomic E-state index is 13.8. The Balaban J connectivity index is 1.29. The van der Waals surface area contributed by atoms with Gasteiger partial charge in [-0.25, -0.2) is 9.67 Å². The quantitative estimate of drug-likeness (QED) is 0.224. The van der Waals surface area contributed by atoms with Gasteiger partial charge in [-0.1, -0.05) is 59.8 Å². The van der Waals surface area contributed by atoms with Crippen LogP contribution in [0.25, 0.3) is 16.9 Å². The van der Waals surface area contributed by atoms with Crippen molar-refractivity contribution in [2.45, 2.75) is 44.2 Å². The number of nitrogens with one attached hydrogen (secondary N) is 3. The summed E-state index contributed by atoms with van der Waals surface area (Å²) in [6.07, 6.45) is 10.4. The molecule has 2 atom stereocenters. The normalized spacial score (nSPS) is 17.1. The molecule has 0 spiro atoms. The summed E-state index contributed by atoms with van der Waals surface area (Å²) in [6.45, 7) is 0.582. The fourth-order valence-electron chi connectivity index (χ4n) is 5.72. The van der Waals surface area contributed by atoms with Gasteiger partial charge in [-0.3, -0.25) is 23.9 Å². The van der Waals surface area contributed by atoms with Gasteiger partial charge in [-0.15, -0.1) is 5.10 Å². The van der Waals surface area contributed by atoms with E-state index in [9.17, 15) is 14.4 Å². The number of fused-ring (bicyclic) bond motifs is 2. The van der Waals surface area contributed by atoms with E-state index in [2.05, 4.69) is 31.2 Å². The summed E-state index contributed by atoms with van der Waals surface area (Å²) >= 11 is 12.4. The first-order chi connectivity index (χ1) is 23.4. The van der Waals surface area contributed by atoms with Gasteiger partial charge in [0.05, 0.1) is 35.5 Å². The van der Waals surface area contributed by atoms with E-state index in [-0.39, 0.29) is 35.1 Å². The van der Waals surface area contributed by atoms with Crippen LogP contribution in [0.4, 0.5) is 5.69 Å². The third-order valence-corrected chi connectivity index (χ3v) is 8.55. The van der Waals surface area contributed by atoms with Crippen molar-refractivity contribution in [2.24, 2.45) is 0 Å². The second-order valence-corrected chi connectivity index (χ2v) is 12.3. The summed E-state index contributed by atoms with van der Waals surface area (Å²) in [6, 6.07) is 16.6. The van der Waals surface area contributed by atoms with Crippen LogP contribution in [0.5, 0.6) is 0 Å². The molecule has 1 aliphatic rings. The SMILES string of the molecule is O=C(NC[C@H]1Nc2cccc(c2)[C@@H](n2cnc(-c3cc(Cl)ccc3-n3cc(Cl)nn3)cc2=O)CCCCCCNC1=O)c1cccnc1. The molecule has 1 aliphatic heterocycles. The minimum atomic E-state index is -0.738. The van der Waals surface area contributed by atoms with Crippen LogP contribution in [0.3, 0.4) is 0 Å². The Morgan fingerprint density at radius 1 is 1.00 bits per heavy atom. The highest BCUT2D eigenvalue weighted by Crippen LogP contribution is 2.30. The predicted molar refractivity (Wildman–Crippen MR) is 184 cm³/mol. The molecule has 0 saturated carbocycles. The average Bonchev–Trinajstić information content (AvgIpc) is 3.53. The molecule has 6 rings (SSSR count). The summed E-state index contributed by atoms with van der Waals surface area (Å²) < 4.78 is 3.15. The Morgan fingerprint density at radius 2 is 1.88 bits per heavy atom. The van der Waals surface area contributed by atoms with Crippen molar-refractivity contribution in [1.82, 2.24) is 40.2 Å². The Labute approximate surface area is 286 Å². The molecule has 2 bridgehead atoms. The number of pyridine rings is 1. The lowest BCUT2D eigenvalue weighted by Crippen LogP contribution is -2.47. The molecule has 4 heterocycles. The first kappa shape index (κ1) is 32.9. The van der Waals surface area contributed by atoms with Gasteiger partial charge in [-0.05, 0) is 60.9 Å². The Bertz CT molecular complexity index is 1970. The number of amides is 2. The number of aromatic nitrogens is 6. The van der Waals surface area contributed by atoms with Crippen molar-refractivity contribution in [3.05, 3.63) is 117 Å². The summed E-state index contributed by atoms with van der Waals surface area (Å²) in [5, 5.41) is 17.8. The maximum Gasteiger partial charge on any atom is 0.254 e. The number of halogens is 2. The lowest BCUT2D eigenvalue weighted by atomic mass is 9.98. The van der Waals surface area contributed by atoms with Gasteiger partial charge in [0.1, 0.15) is 6.04 Å². The largest absolute Gasteiger partial charge is 0.372 e. The predicted octanol–water partition coefficient (Wildman–Crippen LogP) is 5.07. The summed E-state index contributed by atoms with van der Waals surface area (Å²) in [4.78, 5) is 48.4. The average molecular weight is 687 g/mol. The Morgan fingerprint density at radius 3 is 2.67 bits per heavy atom. The zero-order valence-corrected chi connectivity index (χ0v) is 27.4. The lowest BCUT2D eigenvalue weighted by molar-refractivity contribution is -0.121. The highest BCUT2D eigenvalue weighted by Gasteiger charge is 2.22. The molecule has 0 unspecified atom stereocenters. The number of nitrogens with zero attached hydrogens (tertiary/aromatic N) is 6. The van der Waals surface area contributed by atoms with Crippen molar-refractivity contribution in [3.8, 4) is 16.9 Å². The van der Waals surface area contributed by atoms with Crippen LogP contribution in [-0.2, 0) is 4.79 Å². The third kappa shape index (κ3) is 7.89. The van der Waals surface area contributed by atoms with Crippen molar-refractivity contribution in [2.75, 3.05) is 18.4 Å². The third-order valence-electron chi connectivity index (χ3n) is 8.14. The molecule has 0 saturated heterocycles. The van der Waals surface area contributed by atoms with Gasteiger partial charge in [0.2, 0.25) is 5.91 Å². The fourth-order valence-corrected chi connectivity index (χ4v) is 6.02. The van der Waals surface area contributed by atoms with E-state index >= 15 is 0 Å². The van der Waals surface area contributed by atoms with E-state index in [1.165, 1.54) is 16.9 Å². The molecule has 0 radical (unpaired) electrons. The van der Waals surface area contributed by atoms with Gasteiger partial charge in [-0.2, -0.15) is 0 Å². The van der Waals surface area contributed by atoms with Crippen LogP contribution >= 0.6 is 23.2 Å². The zero-order valence-electron chi connectivity index (χ0n) is 25.9. The monoisotopic (exact) mass is 685 g/mol. The van der Waals surface area contributed by atoms with Gasteiger partial charge < -0.3 is 16.0 Å². The number of benzene rings is 2. The molecule has 2 aromatic carbocycles. The first-order valence-corrected chi connectivity index (χ1v) is 16.4. The maximum absolute atomic E-state index is 13.8. The molecular formula is C34H33Cl2N9O3. The molecule has 0 fully saturated rings. The standard InChI is InChI=1S/C34H33Cl2N9O3/c35-24-11-12-30(45-20-31(36)42-43-45)26(16-24)27-17-32(46)44(21-40-27)29-10-3-1-2-4-14-38-34(48)28(41-25-9-5-7-22(29)15-25)19-39-33(47)23-8-6-13-37-18-23/h5-9,11-13,15-18,20-21,28-29,41H,1-4,10,14,19H2,(H,38,48)(H,39,47)/t28-,29+/m1/s1. The van der Waals surface area contributed by atoms with E-state index in [1.54, 1.807) is 53.6 Å². The number of hydrogen-bond acceptors (Lipinski definition) is 8. The van der Waals surface area contributed by atoms with Crippen molar-refractivity contribution in [3.63, 3.8) is 0 Å². The molecule has 12 nitrogen and oxygen atoms in total. The smallest absolute Gasteiger partial charge is 0.254 e. The second-order valence-electron chi connectivity index (χ2n) is 11.5. The lowest BCUT2D eigenvalue weighted by Gasteiger charge is -2.24. The van der Waals surface area contributed by atoms with Crippen LogP contribution in [0, 0.1) is 0 Å². The van der Waals surface area contributed by atoms with Gasteiger partial charge >= 0.3 is 0 Å². The molecule has 3 aromatic heterocycles. The fraction of sp³-hybridized carbons (Fsp3) is 0.265. The first-order valence-electron chi connectivity index (χ1n) is 15.6. The molecular weight excluding hydrogens is 653 g/mol. The minimum Gasteiger partial charge on any atom is -0.372 e. The van der Waals surface area contributed by atoms with Crippen molar-refractivity contribution >= 4 is 40.7 Å². The molecule has 2 amide bonds. The highest BCUT2D eigenvalue weighted by molar-refractivity contribution is 6.31. The van der Waals surface area contributed by atoms with E-state index in [0.717, 1.165) is 31.2 Å². The van der Waals surface area contributed by atoms with E-state index in [0.29, 0.717) is 46.2 Å². The number of carbonyl (C=O) groups excluding carboxylic acids is 2. The summed E-state index contributed by atoms with van der Waals surface area (Å²) in [5.41, 5.74) is 3.39. The van der Waals surface area contributed by atoms with Crippen LogP contribution in [-0.4, -0.2) is 60.5 Å². The van der Waals surface area contributed by atoms with Crippen molar-refractivity contribution < 1.29 is 9.59 Å². The van der Waals surface area contributed by atoms with Gasteiger partial charge in [0, 0.05) is 47.8 Å². The van der Waals surface area contributed by atoms with E-state index in [4.69, 9.17) is 28.2 Å². The molecule has 246 valence electrons. The Hall–Kier alpha value is -5.07. The van der Waals surface area contributed by atoms with Crippen LogP contribution in [0.15, 0.2) is 90.4 Å². The Kier molecular flexibility index (Phi) is 10.4. The highest BCUT2D eigenvalue weighted by atomic mass is 35.5. The minimum absolute atomic E-state index is 0.0599. The summed E-state index contributed by atoms with van der Waals surface area (Å²) in [5.74, 6) is -0.540. The number of hydrogen-bond donors (Lipinski definition) is 3. The van der Waals surface area contributed by atoms with Crippen LogP contribution < -0.4 is 21.5 Å². The zero-order chi connectivity index (χ0) is 33.5. The molecule has 5 aromatic rings. The summed E-state index contributed by atoms with van der Waals surface area (Å²) in [7, 11) is 0. The number of rotatable bonds is 6. The molecule has 48 heavy (non-hydrogen) atoms. The van der Waals surface area contributed by atoms with Crippen LogP contribution in [0.1, 0.15) is 54.1 Å². The number of anilines is 1. The van der Waals surface area contributed by atoms with E-state index in [1.807, 2.05) is 24.3 Å². The topological polar surface area (TPSA) is 149 Å². The van der Waals surface area contributed by atoms with Crippen LogP contribution in [0.2, 0.25) is 10.2 Å². The molecule has 14 heteroatoms. The van der Waals surface area contributed by atoms with Gasteiger partial charge in [0.25, 0.3) is 11.5 Å².